The Bertz CT molecular complexity index is 632. The van der Waals surface area contributed by atoms with Crippen molar-refractivity contribution in [2.75, 3.05) is 13.1 Å². The number of ketones is 1. The minimum atomic E-state index is -3.50. The predicted molar refractivity (Wildman–Crippen MR) is 77.9 cm³/mol. The zero-order valence-electron chi connectivity index (χ0n) is 11.8. The van der Waals surface area contributed by atoms with E-state index in [0.29, 0.717) is 24.4 Å². The molecule has 1 fully saturated rings. The van der Waals surface area contributed by atoms with Crippen molar-refractivity contribution in [2.24, 2.45) is 5.92 Å². The summed E-state index contributed by atoms with van der Waals surface area (Å²) in [6.07, 6.45) is 0.360. The van der Waals surface area contributed by atoms with Crippen LogP contribution in [0.1, 0.15) is 18.9 Å². The molecule has 4 nitrogen and oxygen atoms in total. The van der Waals surface area contributed by atoms with Gasteiger partial charge in [-0.05, 0) is 26.0 Å². The summed E-state index contributed by atoms with van der Waals surface area (Å²) >= 11 is 0. The Balaban J connectivity index is 2.21. The number of carbonyl (C=O) groups excluding carboxylic acids is 1. The van der Waals surface area contributed by atoms with Gasteiger partial charge in [0, 0.05) is 25.4 Å². The third-order valence-electron chi connectivity index (χ3n) is 3.57. The van der Waals surface area contributed by atoms with Gasteiger partial charge in [-0.3, -0.25) is 0 Å². The molecule has 1 unspecified atom stereocenters. The molecule has 0 aromatic heterocycles. The summed E-state index contributed by atoms with van der Waals surface area (Å²) in [6, 6.07) is 6.80. The van der Waals surface area contributed by atoms with Crippen LogP contribution in [0.4, 0.5) is 0 Å². The van der Waals surface area contributed by atoms with Crippen molar-refractivity contribution in [2.45, 2.75) is 25.2 Å². The summed E-state index contributed by atoms with van der Waals surface area (Å²) in [5, 5.41) is 0. The SMILES string of the molecule is C=C1CN(S(=O)(=O)c2ccc(C)cc2)CC1CC(C)=O. The quantitative estimate of drug-likeness (QED) is 0.799. The number of rotatable bonds is 4. The Hall–Kier alpha value is -1.46. The number of hydrogen-bond donors (Lipinski definition) is 0. The lowest BCUT2D eigenvalue weighted by atomic mass is 9.99. The highest BCUT2D eigenvalue weighted by Gasteiger charge is 2.35. The fourth-order valence-corrected chi connectivity index (χ4v) is 3.88. The van der Waals surface area contributed by atoms with Crippen molar-refractivity contribution in [3.63, 3.8) is 0 Å². The Morgan fingerprint density at radius 1 is 1.35 bits per heavy atom. The Morgan fingerprint density at radius 2 is 1.95 bits per heavy atom. The van der Waals surface area contributed by atoms with E-state index >= 15 is 0 Å². The molecule has 1 saturated heterocycles. The highest BCUT2D eigenvalue weighted by molar-refractivity contribution is 7.89. The van der Waals surface area contributed by atoms with E-state index in [1.807, 2.05) is 6.92 Å². The number of hydrogen-bond acceptors (Lipinski definition) is 3. The second kappa shape index (κ2) is 5.50. The van der Waals surface area contributed by atoms with Crippen molar-refractivity contribution < 1.29 is 13.2 Å². The second-order valence-corrected chi connectivity index (χ2v) is 7.31. The highest BCUT2D eigenvalue weighted by Crippen LogP contribution is 2.29. The van der Waals surface area contributed by atoms with Crippen LogP contribution in [0.25, 0.3) is 0 Å². The molecule has 5 heteroatoms. The summed E-state index contributed by atoms with van der Waals surface area (Å²) in [5.41, 5.74) is 1.83. The predicted octanol–water partition coefficient (Wildman–Crippen LogP) is 2.15. The number of sulfonamides is 1. The van der Waals surface area contributed by atoms with Gasteiger partial charge in [0.05, 0.1) is 4.90 Å². The number of nitrogens with zero attached hydrogens (tertiary/aromatic N) is 1. The first-order valence-electron chi connectivity index (χ1n) is 6.54. The summed E-state index contributed by atoms with van der Waals surface area (Å²) < 4.78 is 26.5. The fraction of sp³-hybridized carbons (Fsp3) is 0.400. The maximum atomic E-state index is 12.5. The lowest BCUT2D eigenvalue weighted by Crippen LogP contribution is -2.29. The molecule has 1 aliphatic rings. The van der Waals surface area contributed by atoms with Crippen LogP contribution in [0, 0.1) is 12.8 Å². The van der Waals surface area contributed by atoms with Gasteiger partial charge in [-0.25, -0.2) is 8.42 Å². The van der Waals surface area contributed by atoms with Crippen molar-refractivity contribution in [1.82, 2.24) is 4.31 Å². The van der Waals surface area contributed by atoms with Gasteiger partial charge in [-0.15, -0.1) is 0 Å². The molecule has 0 amide bonds. The topological polar surface area (TPSA) is 54.5 Å². The van der Waals surface area contributed by atoms with Gasteiger partial charge in [0.2, 0.25) is 10.0 Å². The molecule has 0 spiro atoms. The zero-order chi connectivity index (χ0) is 14.9. The minimum Gasteiger partial charge on any atom is -0.300 e. The first-order valence-corrected chi connectivity index (χ1v) is 7.98. The van der Waals surface area contributed by atoms with Crippen LogP contribution in [0.3, 0.4) is 0 Å². The smallest absolute Gasteiger partial charge is 0.243 e. The monoisotopic (exact) mass is 293 g/mol. The molecular formula is C15H19NO3S. The highest BCUT2D eigenvalue weighted by atomic mass is 32.2. The van der Waals surface area contributed by atoms with E-state index in [0.717, 1.165) is 11.1 Å². The van der Waals surface area contributed by atoms with Crippen LogP contribution in [0.15, 0.2) is 41.3 Å². The molecule has 108 valence electrons. The lowest BCUT2D eigenvalue weighted by molar-refractivity contribution is -0.117. The van der Waals surface area contributed by atoms with Crippen LogP contribution in [-0.4, -0.2) is 31.6 Å². The zero-order valence-corrected chi connectivity index (χ0v) is 12.6. The largest absolute Gasteiger partial charge is 0.300 e. The molecule has 20 heavy (non-hydrogen) atoms. The first kappa shape index (κ1) is 14.9. The van der Waals surface area contributed by atoms with Crippen LogP contribution in [-0.2, 0) is 14.8 Å². The molecule has 1 aromatic carbocycles. The Kier molecular flexibility index (Phi) is 4.11. The fourth-order valence-electron chi connectivity index (χ4n) is 2.39. The van der Waals surface area contributed by atoms with Gasteiger partial charge in [0.1, 0.15) is 5.78 Å². The number of carbonyl (C=O) groups is 1. The average Bonchev–Trinajstić information content (AvgIpc) is 2.71. The summed E-state index contributed by atoms with van der Waals surface area (Å²) in [5.74, 6) is -0.00143. The van der Waals surface area contributed by atoms with Gasteiger partial charge in [-0.1, -0.05) is 29.8 Å². The van der Waals surface area contributed by atoms with Crippen molar-refractivity contribution >= 4 is 15.8 Å². The molecular weight excluding hydrogens is 274 g/mol. The van der Waals surface area contributed by atoms with E-state index in [1.165, 1.54) is 11.2 Å². The molecule has 1 aromatic rings. The van der Waals surface area contributed by atoms with E-state index in [9.17, 15) is 13.2 Å². The Morgan fingerprint density at radius 3 is 2.50 bits per heavy atom. The molecule has 1 atom stereocenters. The lowest BCUT2D eigenvalue weighted by Gasteiger charge is -2.16. The van der Waals surface area contributed by atoms with Crippen LogP contribution < -0.4 is 0 Å². The van der Waals surface area contributed by atoms with Gasteiger partial charge in [-0.2, -0.15) is 4.31 Å². The van der Waals surface area contributed by atoms with E-state index in [1.54, 1.807) is 24.3 Å². The number of Topliss-reactive ketones (excluding diaryl/α,β-unsaturated/α-hetero) is 1. The molecule has 2 rings (SSSR count). The third-order valence-corrected chi connectivity index (χ3v) is 5.40. The average molecular weight is 293 g/mol. The Labute approximate surface area is 120 Å². The molecule has 0 radical (unpaired) electrons. The van der Waals surface area contributed by atoms with E-state index in [4.69, 9.17) is 0 Å². The summed E-state index contributed by atoms with van der Waals surface area (Å²) in [6.45, 7) is 7.98. The van der Waals surface area contributed by atoms with Crippen molar-refractivity contribution in [3.8, 4) is 0 Å². The third kappa shape index (κ3) is 2.99. The molecule has 0 bridgehead atoms. The van der Waals surface area contributed by atoms with Crippen LogP contribution in [0.5, 0.6) is 0 Å². The molecule has 1 heterocycles. The normalized spacial score (nSPS) is 20.3. The van der Waals surface area contributed by atoms with Gasteiger partial charge in [0.25, 0.3) is 0 Å². The van der Waals surface area contributed by atoms with E-state index in [2.05, 4.69) is 6.58 Å². The number of benzene rings is 1. The second-order valence-electron chi connectivity index (χ2n) is 5.37. The molecule has 0 N–H and O–H groups in total. The summed E-state index contributed by atoms with van der Waals surface area (Å²) in [7, 11) is -3.50. The van der Waals surface area contributed by atoms with Crippen molar-refractivity contribution in [3.05, 3.63) is 42.0 Å². The summed E-state index contributed by atoms with van der Waals surface area (Å²) in [4.78, 5) is 11.5. The maximum Gasteiger partial charge on any atom is 0.243 e. The standard InChI is InChI=1S/C15H19NO3S/c1-11-4-6-15(7-5-11)20(18,19)16-9-12(2)14(10-16)8-13(3)17/h4-7,14H,2,8-10H2,1,3H3. The molecule has 0 aliphatic carbocycles. The minimum absolute atomic E-state index is 0.0609. The molecule has 0 saturated carbocycles. The molecule has 1 aliphatic heterocycles. The van der Waals surface area contributed by atoms with E-state index < -0.39 is 10.0 Å². The van der Waals surface area contributed by atoms with Gasteiger partial charge >= 0.3 is 0 Å². The van der Waals surface area contributed by atoms with Gasteiger partial charge in [0.15, 0.2) is 0 Å². The van der Waals surface area contributed by atoms with E-state index in [-0.39, 0.29) is 11.7 Å². The number of aryl methyl sites for hydroxylation is 1. The van der Waals surface area contributed by atoms with Crippen molar-refractivity contribution in [1.29, 1.82) is 0 Å². The first-order chi connectivity index (χ1) is 9.30. The maximum absolute atomic E-state index is 12.5. The van der Waals surface area contributed by atoms with Crippen LogP contribution in [0.2, 0.25) is 0 Å². The van der Waals surface area contributed by atoms with Gasteiger partial charge < -0.3 is 4.79 Å². The van der Waals surface area contributed by atoms with Crippen LogP contribution >= 0.6 is 0 Å².